The molecule has 0 fully saturated rings. The van der Waals surface area contributed by atoms with E-state index in [0.29, 0.717) is 0 Å². The predicted octanol–water partition coefficient (Wildman–Crippen LogP) is 3.32. The van der Waals surface area contributed by atoms with Gasteiger partial charge in [-0.1, -0.05) is 33.3 Å². The largest absolute Gasteiger partial charge is 0.459 e. The first-order chi connectivity index (χ1) is 6.44. The first-order valence-electron chi connectivity index (χ1n) is 5.27. The van der Waals surface area contributed by atoms with Gasteiger partial charge in [0.25, 0.3) is 0 Å². The average molecular weight is 198 g/mol. The topological polar surface area (TPSA) is 26.3 Å². The summed E-state index contributed by atoms with van der Waals surface area (Å²) in [7, 11) is 0. The van der Waals surface area contributed by atoms with Crippen LogP contribution in [0.2, 0.25) is 0 Å². The maximum absolute atomic E-state index is 11.2. The lowest BCUT2D eigenvalue weighted by Crippen LogP contribution is -2.30. The standard InChI is InChI=1S/C12H22O2/c1-6-8-11(13)14-10(3)12(4,5)9-7-2/h6,8,10H,7,9H2,1-5H3/b8-6+. The van der Waals surface area contributed by atoms with Crippen LogP contribution < -0.4 is 0 Å². The van der Waals surface area contributed by atoms with Gasteiger partial charge in [0.05, 0.1) is 0 Å². The smallest absolute Gasteiger partial charge is 0.330 e. The lowest BCUT2D eigenvalue weighted by Gasteiger charge is -2.30. The highest BCUT2D eigenvalue weighted by atomic mass is 16.5. The Balaban J connectivity index is 4.18. The minimum atomic E-state index is -0.246. The lowest BCUT2D eigenvalue weighted by atomic mass is 9.83. The third kappa shape index (κ3) is 4.45. The number of rotatable bonds is 5. The van der Waals surface area contributed by atoms with Crippen LogP contribution in [0.15, 0.2) is 12.2 Å². The van der Waals surface area contributed by atoms with Crippen molar-refractivity contribution >= 4 is 5.97 Å². The second-order valence-corrected chi connectivity index (χ2v) is 4.32. The zero-order valence-electron chi connectivity index (χ0n) is 9.96. The summed E-state index contributed by atoms with van der Waals surface area (Å²) in [6, 6.07) is 0. The van der Waals surface area contributed by atoms with Gasteiger partial charge in [-0.2, -0.15) is 0 Å². The highest BCUT2D eigenvalue weighted by molar-refractivity contribution is 5.81. The molecule has 0 rings (SSSR count). The normalized spacial score (nSPS) is 14.4. The van der Waals surface area contributed by atoms with Gasteiger partial charge >= 0.3 is 5.97 Å². The van der Waals surface area contributed by atoms with Crippen molar-refractivity contribution in [2.24, 2.45) is 5.41 Å². The number of carbonyl (C=O) groups excluding carboxylic acids is 1. The number of hydrogen-bond acceptors (Lipinski definition) is 2. The molecule has 0 heterocycles. The quantitative estimate of drug-likeness (QED) is 0.500. The molecule has 0 aliphatic carbocycles. The van der Waals surface area contributed by atoms with Crippen LogP contribution in [0, 0.1) is 5.41 Å². The molecule has 0 saturated heterocycles. The fourth-order valence-corrected chi connectivity index (χ4v) is 1.36. The fraction of sp³-hybridized carbons (Fsp3) is 0.750. The molecule has 0 aromatic carbocycles. The van der Waals surface area contributed by atoms with E-state index in [2.05, 4.69) is 20.8 Å². The molecule has 0 N–H and O–H groups in total. The molecule has 82 valence electrons. The van der Waals surface area contributed by atoms with E-state index in [4.69, 9.17) is 4.74 Å². The van der Waals surface area contributed by atoms with E-state index < -0.39 is 0 Å². The van der Waals surface area contributed by atoms with Crippen molar-refractivity contribution in [3.8, 4) is 0 Å². The summed E-state index contributed by atoms with van der Waals surface area (Å²) in [5, 5.41) is 0. The van der Waals surface area contributed by atoms with Crippen molar-refractivity contribution in [1.82, 2.24) is 0 Å². The minimum Gasteiger partial charge on any atom is -0.459 e. The molecule has 2 nitrogen and oxygen atoms in total. The molecule has 2 heteroatoms. The summed E-state index contributed by atoms with van der Waals surface area (Å²) in [4.78, 5) is 11.2. The summed E-state index contributed by atoms with van der Waals surface area (Å²) < 4.78 is 5.28. The van der Waals surface area contributed by atoms with E-state index >= 15 is 0 Å². The van der Waals surface area contributed by atoms with Crippen molar-refractivity contribution in [3.05, 3.63) is 12.2 Å². The van der Waals surface area contributed by atoms with Gasteiger partial charge in [-0.3, -0.25) is 0 Å². The van der Waals surface area contributed by atoms with Crippen molar-refractivity contribution in [1.29, 1.82) is 0 Å². The third-order valence-corrected chi connectivity index (χ3v) is 2.59. The van der Waals surface area contributed by atoms with Crippen LogP contribution in [-0.2, 0) is 9.53 Å². The van der Waals surface area contributed by atoms with E-state index in [-0.39, 0.29) is 17.5 Å². The Bertz CT molecular complexity index is 204. The SMILES string of the molecule is C/C=C/C(=O)OC(C)C(C)(C)CCC. The van der Waals surface area contributed by atoms with Crippen LogP contribution in [0.1, 0.15) is 47.5 Å². The Hall–Kier alpha value is -0.790. The highest BCUT2D eigenvalue weighted by Gasteiger charge is 2.27. The summed E-state index contributed by atoms with van der Waals surface area (Å²) >= 11 is 0. The van der Waals surface area contributed by atoms with Crippen LogP contribution in [-0.4, -0.2) is 12.1 Å². The van der Waals surface area contributed by atoms with Crippen molar-refractivity contribution in [2.75, 3.05) is 0 Å². The molecular formula is C12H22O2. The van der Waals surface area contributed by atoms with Gasteiger partial charge in [-0.15, -0.1) is 0 Å². The highest BCUT2D eigenvalue weighted by Crippen LogP contribution is 2.28. The summed E-state index contributed by atoms with van der Waals surface area (Å²) in [5.74, 6) is -0.246. The third-order valence-electron chi connectivity index (χ3n) is 2.59. The van der Waals surface area contributed by atoms with E-state index in [1.165, 1.54) is 6.08 Å². The van der Waals surface area contributed by atoms with E-state index in [1.807, 2.05) is 13.8 Å². The molecule has 14 heavy (non-hydrogen) atoms. The van der Waals surface area contributed by atoms with Crippen LogP contribution in [0.5, 0.6) is 0 Å². The number of allylic oxidation sites excluding steroid dienone is 1. The zero-order valence-corrected chi connectivity index (χ0v) is 9.96. The molecule has 0 aliphatic heterocycles. The maximum Gasteiger partial charge on any atom is 0.330 e. The van der Waals surface area contributed by atoms with Crippen LogP contribution in [0.3, 0.4) is 0 Å². The van der Waals surface area contributed by atoms with E-state index in [0.717, 1.165) is 12.8 Å². The van der Waals surface area contributed by atoms with E-state index in [1.54, 1.807) is 6.08 Å². The number of ether oxygens (including phenoxy) is 1. The van der Waals surface area contributed by atoms with Gasteiger partial charge < -0.3 is 4.74 Å². The predicted molar refractivity (Wildman–Crippen MR) is 59.1 cm³/mol. The molecule has 0 aromatic rings. The Morgan fingerprint density at radius 2 is 2.07 bits per heavy atom. The summed E-state index contributed by atoms with van der Waals surface area (Å²) in [6.07, 6.45) is 5.29. The number of esters is 1. The number of carbonyl (C=O) groups is 1. The molecule has 0 aliphatic rings. The van der Waals surface area contributed by atoms with Gasteiger partial charge in [0.15, 0.2) is 0 Å². The molecule has 1 atom stereocenters. The van der Waals surface area contributed by atoms with Gasteiger partial charge in [0.1, 0.15) is 6.10 Å². The van der Waals surface area contributed by atoms with E-state index in [9.17, 15) is 4.79 Å². The van der Waals surface area contributed by atoms with Gasteiger partial charge in [-0.25, -0.2) is 4.79 Å². The monoisotopic (exact) mass is 198 g/mol. The second kappa shape index (κ2) is 5.84. The average Bonchev–Trinajstić information content (AvgIpc) is 2.04. The molecule has 0 spiro atoms. The maximum atomic E-state index is 11.2. The molecule has 1 unspecified atom stereocenters. The Kier molecular flexibility index (Phi) is 5.51. The summed E-state index contributed by atoms with van der Waals surface area (Å²) in [5.41, 5.74) is 0.0615. The first kappa shape index (κ1) is 13.2. The van der Waals surface area contributed by atoms with Crippen LogP contribution in [0.4, 0.5) is 0 Å². The zero-order chi connectivity index (χ0) is 11.2. The molecule has 0 aromatic heterocycles. The van der Waals surface area contributed by atoms with Crippen LogP contribution >= 0.6 is 0 Å². The molecule has 0 saturated carbocycles. The van der Waals surface area contributed by atoms with Crippen LogP contribution in [0.25, 0.3) is 0 Å². The van der Waals surface area contributed by atoms with Crippen molar-refractivity contribution in [2.45, 2.75) is 53.6 Å². The van der Waals surface area contributed by atoms with Crippen molar-refractivity contribution < 1.29 is 9.53 Å². The number of hydrogen-bond donors (Lipinski definition) is 0. The Morgan fingerprint density at radius 1 is 1.50 bits per heavy atom. The Labute approximate surface area is 87.3 Å². The fourth-order valence-electron chi connectivity index (χ4n) is 1.36. The Morgan fingerprint density at radius 3 is 2.50 bits per heavy atom. The first-order valence-corrected chi connectivity index (χ1v) is 5.27. The van der Waals surface area contributed by atoms with Gasteiger partial charge in [0, 0.05) is 11.5 Å². The summed E-state index contributed by atoms with van der Waals surface area (Å²) in [6.45, 7) is 10.2. The molecule has 0 bridgehead atoms. The molecule has 0 radical (unpaired) electrons. The second-order valence-electron chi connectivity index (χ2n) is 4.32. The molecule has 0 amide bonds. The lowest BCUT2D eigenvalue weighted by molar-refractivity contribution is -0.148. The van der Waals surface area contributed by atoms with Gasteiger partial charge in [0.2, 0.25) is 0 Å². The molecular weight excluding hydrogens is 176 g/mol. The van der Waals surface area contributed by atoms with Gasteiger partial charge in [-0.05, 0) is 20.3 Å². The minimum absolute atomic E-state index is 0.0360. The van der Waals surface area contributed by atoms with Crippen molar-refractivity contribution in [3.63, 3.8) is 0 Å².